The summed E-state index contributed by atoms with van der Waals surface area (Å²) >= 11 is 0. The number of aromatic nitrogens is 2. The van der Waals surface area contributed by atoms with Gasteiger partial charge < -0.3 is 21.1 Å². The predicted octanol–water partition coefficient (Wildman–Crippen LogP) is 3.24. The lowest BCUT2D eigenvalue weighted by atomic mass is 9.81. The van der Waals surface area contributed by atoms with Crippen LogP contribution in [0, 0.1) is 0 Å². The van der Waals surface area contributed by atoms with Crippen LogP contribution in [-0.2, 0) is 24.1 Å². The van der Waals surface area contributed by atoms with E-state index in [2.05, 4.69) is 18.2 Å². The predicted molar refractivity (Wildman–Crippen MR) is 122 cm³/mol. The minimum atomic E-state index is -0.557. The van der Waals surface area contributed by atoms with Gasteiger partial charge in [-0.1, -0.05) is 24.3 Å². The first-order valence-electron chi connectivity index (χ1n) is 11.4. The summed E-state index contributed by atoms with van der Waals surface area (Å²) < 4.78 is 7.22. The zero-order chi connectivity index (χ0) is 23.0. The molecule has 2 heterocycles. The second-order valence-corrected chi connectivity index (χ2v) is 9.87. The average Bonchev–Trinajstić information content (AvgIpc) is 3.31. The number of rotatable bonds is 4. The molecule has 8 heteroatoms. The zero-order valence-corrected chi connectivity index (χ0v) is 19.1. The van der Waals surface area contributed by atoms with Crippen molar-refractivity contribution in [3.05, 3.63) is 46.6 Å². The molecule has 0 spiro atoms. The first-order valence-corrected chi connectivity index (χ1v) is 11.4. The summed E-state index contributed by atoms with van der Waals surface area (Å²) in [7, 11) is 0. The fourth-order valence-corrected chi connectivity index (χ4v) is 4.89. The number of fused-ring (bicyclic) bond motifs is 1. The maximum absolute atomic E-state index is 12.7. The van der Waals surface area contributed by atoms with E-state index in [-0.39, 0.29) is 23.9 Å². The number of carbonyl (C=O) groups excluding carboxylic acids is 2. The Kier molecular flexibility index (Phi) is 5.88. The van der Waals surface area contributed by atoms with E-state index in [1.165, 1.54) is 11.1 Å². The Bertz CT molecular complexity index is 1020. The minimum absolute atomic E-state index is 0.0847. The van der Waals surface area contributed by atoms with E-state index in [0.29, 0.717) is 24.3 Å². The number of primary amides is 1. The maximum atomic E-state index is 12.7. The quantitative estimate of drug-likeness (QED) is 0.759. The molecule has 172 valence electrons. The summed E-state index contributed by atoms with van der Waals surface area (Å²) in [5.41, 5.74) is 15.2. The Morgan fingerprint density at radius 1 is 1.19 bits per heavy atom. The van der Waals surface area contributed by atoms with Crippen molar-refractivity contribution in [1.29, 1.82) is 0 Å². The van der Waals surface area contributed by atoms with Crippen molar-refractivity contribution in [3.63, 3.8) is 0 Å². The molecule has 8 nitrogen and oxygen atoms in total. The minimum Gasteiger partial charge on any atom is -0.444 e. The molecule has 1 aromatic carbocycles. The monoisotopic (exact) mass is 439 g/mol. The average molecular weight is 440 g/mol. The third-order valence-corrected chi connectivity index (χ3v) is 6.39. The van der Waals surface area contributed by atoms with Gasteiger partial charge in [-0.3, -0.25) is 4.79 Å². The van der Waals surface area contributed by atoms with Crippen molar-refractivity contribution < 1.29 is 14.3 Å². The molecule has 1 aliphatic heterocycles. The number of aryl methyl sites for hydroxylation is 1. The van der Waals surface area contributed by atoms with E-state index in [0.717, 1.165) is 32.1 Å². The van der Waals surface area contributed by atoms with Gasteiger partial charge in [-0.15, -0.1) is 0 Å². The lowest BCUT2D eigenvalue weighted by molar-refractivity contribution is 0.0212. The number of nitrogen functional groups attached to an aromatic ring is 1. The second kappa shape index (κ2) is 8.48. The first-order chi connectivity index (χ1) is 15.1. The molecule has 1 fully saturated rings. The highest BCUT2D eigenvalue weighted by atomic mass is 16.6. The fraction of sp³-hybridized carbons (Fsp3) is 0.542. The van der Waals surface area contributed by atoms with Crippen LogP contribution in [0.15, 0.2) is 24.3 Å². The lowest BCUT2D eigenvalue weighted by Gasteiger charge is -2.28. The van der Waals surface area contributed by atoms with E-state index in [9.17, 15) is 9.59 Å². The molecule has 0 radical (unpaired) electrons. The highest BCUT2D eigenvalue weighted by Gasteiger charge is 2.35. The normalized spacial score (nSPS) is 20.8. The summed E-state index contributed by atoms with van der Waals surface area (Å²) in [5, 5.41) is 4.77. The number of hydrogen-bond donors (Lipinski definition) is 2. The van der Waals surface area contributed by atoms with E-state index in [1.807, 2.05) is 26.8 Å². The topological polar surface area (TPSA) is 116 Å². The van der Waals surface area contributed by atoms with Crippen molar-refractivity contribution in [2.24, 2.45) is 5.73 Å². The Labute approximate surface area is 188 Å². The zero-order valence-electron chi connectivity index (χ0n) is 19.1. The molecule has 2 amide bonds. The Hall–Kier alpha value is -3.03. The van der Waals surface area contributed by atoms with Crippen LogP contribution in [-0.4, -0.2) is 44.9 Å². The summed E-state index contributed by atoms with van der Waals surface area (Å²) in [5.74, 6) is -0.193. The lowest BCUT2D eigenvalue weighted by Crippen LogP contribution is -2.41. The highest BCUT2D eigenvalue weighted by Crippen LogP contribution is 2.35. The standard InChI is InChI=1S/C24H33N5O3/c1-24(2,3)32-23(31)28-12-6-9-18(28)14-29-21(25)19(22(26)30)20(27-29)17-11-10-15-7-4-5-8-16(15)13-17/h4-5,7-8,17-18H,6,9-14,25H2,1-3H3,(H2,26,30)/t17?,18-/m0/s1. The van der Waals surface area contributed by atoms with Gasteiger partial charge in [0.25, 0.3) is 5.91 Å². The van der Waals surface area contributed by atoms with Gasteiger partial charge in [0, 0.05) is 12.5 Å². The van der Waals surface area contributed by atoms with Crippen LogP contribution in [0.3, 0.4) is 0 Å². The highest BCUT2D eigenvalue weighted by molar-refractivity contribution is 5.98. The van der Waals surface area contributed by atoms with E-state index in [4.69, 9.17) is 21.3 Å². The number of nitrogens with zero attached hydrogens (tertiary/aromatic N) is 3. The van der Waals surface area contributed by atoms with Crippen LogP contribution in [0.25, 0.3) is 0 Å². The summed E-state index contributed by atoms with van der Waals surface area (Å²) in [6, 6.07) is 8.28. The molecule has 32 heavy (non-hydrogen) atoms. The van der Waals surface area contributed by atoms with Gasteiger partial charge >= 0.3 is 6.09 Å². The molecule has 4 rings (SSSR count). The molecule has 0 bridgehead atoms. The summed E-state index contributed by atoms with van der Waals surface area (Å²) in [6.07, 6.45) is 4.02. The first kappa shape index (κ1) is 22.2. The Morgan fingerprint density at radius 3 is 2.59 bits per heavy atom. The maximum Gasteiger partial charge on any atom is 0.410 e. The van der Waals surface area contributed by atoms with Crippen molar-refractivity contribution in [2.45, 2.75) is 77.0 Å². The number of benzene rings is 1. The van der Waals surface area contributed by atoms with Gasteiger partial charge in [-0.25, -0.2) is 9.48 Å². The van der Waals surface area contributed by atoms with Gasteiger partial charge in [-0.05, 0) is 64.0 Å². The van der Waals surface area contributed by atoms with Gasteiger partial charge in [0.2, 0.25) is 0 Å². The van der Waals surface area contributed by atoms with Gasteiger partial charge in [0.05, 0.1) is 18.3 Å². The molecule has 1 saturated heterocycles. The third-order valence-electron chi connectivity index (χ3n) is 6.39. The summed E-state index contributed by atoms with van der Waals surface area (Å²) in [4.78, 5) is 26.7. The molecular weight excluding hydrogens is 406 g/mol. The number of anilines is 1. The second-order valence-electron chi connectivity index (χ2n) is 9.87. The van der Waals surface area contributed by atoms with Crippen LogP contribution in [0.2, 0.25) is 0 Å². The van der Waals surface area contributed by atoms with Crippen molar-refractivity contribution in [3.8, 4) is 0 Å². The van der Waals surface area contributed by atoms with Crippen LogP contribution >= 0.6 is 0 Å². The molecule has 4 N–H and O–H groups in total. The molecule has 2 aromatic rings. The summed E-state index contributed by atoms with van der Waals surface area (Å²) in [6.45, 7) is 6.62. The number of carbonyl (C=O) groups is 2. The van der Waals surface area contributed by atoms with Gasteiger partial charge in [0.1, 0.15) is 17.0 Å². The van der Waals surface area contributed by atoms with Crippen LogP contribution in [0.4, 0.5) is 10.6 Å². The SMILES string of the molecule is CC(C)(C)OC(=O)N1CCC[C@H]1Cn1nc(C2CCc3ccccc3C2)c(C(N)=O)c1N. The molecule has 1 aromatic heterocycles. The van der Waals surface area contributed by atoms with Crippen LogP contribution in [0.1, 0.15) is 73.1 Å². The van der Waals surface area contributed by atoms with Crippen molar-refractivity contribution in [1.82, 2.24) is 14.7 Å². The van der Waals surface area contributed by atoms with Gasteiger partial charge in [0.15, 0.2) is 0 Å². The van der Waals surface area contributed by atoms with E-state index >= 15 is 0 Å². The number of nitrogens with two attached hydrogens (primary N) is 2. The van der Waals surface area contributed by atoms with Crippen LogP contribution < -0.4 is 11.5 Å². The van der Waals surface area contributed by atoms with Crippen molar-refractivity contribution >= 4 is 17.8 Å². The molecule has 2 aliphatic rings. The molecule has 0 saturated carbocycles. The van der Waals surface area contributed by atoms with Crippen LogP contribution in [0.5, 0.6) is 0 Å². The number of amides is 2. The largest absolute Gasteiger partial charge is 0.444 e. The number of hydrogen-bond acceptors (Lipinski definition) is 5. The number of ether oxygens (including phenoxy) is 1. The van der Waals surface area contributed by atoms with E-state index in [1.54, 1.807) is 9.58 Å². The molecular formula is C24H33N5O3. The Balaban J connectivity index is 1.58. The van der Waals surface area contributed by atoms with Crippen molar-refractivity contribution in [2.75, 3.05) is 12.3 Å². The van der Waals surface area contributed by atoms with E-state index < -0.39 is 11.5 Å². The smallest absolute Gasteiger partial charge is 0.410 e. The third kappa shape index (κ3) is 4.45. The number of likely N-dealkylation sites (tertiary alicyclic amines) is 1. The molecule has 2 atom stereocenters. The van der Waals surface area contributed by atoms with Gasteiger partial charge in [-0.2, -0.15) is 5.10 Å². The molecule has 1 aliphatic carbocycles. The molecule has 1 unspecified atom stereocenters. The Morgan fingerprint density at radius 2 is 1.91 bits per heavy atom. The fourth-order valence-electron chi connectivity index (χ4n) is 4.89.